The minimum atomic E-state index is -1.79. The molecular weight excluding hydrogens is 352 g/mol. The lowest BCUT2D eigenvalue weighted by atomic mass is 10.1. The van der Waals surface area contributed by atoms with E-state index in [4.69, 9.17) is 16.2 Å². The lowest BCUT2D eigenvalue weighted by Crippen LogP contribution is -2.37. The van der Waals surface area contributed by atoms with Gasteiger partial charge in [0.15, 0.2) is 5.67 Å². The van der Waals surface area contributed by atoms with E-state index in [1.165, 1.54) is 19.9 Å². The number of aryl methyl sites for hydroxylation is 1. The first-order valence-corrected chi connectivity index (χ1v) is 8.74. The Balaban J connectivity index is 2.82. The van der Waals surface area contributed by atoms with Crippen molar-refractivity contribution in [1.82, 2.24) is 5.32 Å². The van der Waals surface area contributed by atoms with E-state index in [0.717, 1.165) is 0 Å². The third kappa shape index (κ3) is 8.06. The van der Waals surface area contributed by atoms with E-state index < -0.39 is 5.67 Å². The van der Waals surface area contributed by atoms with Crippen molar-refractivity contribution in [2.24, 2.45) is 21.5 Å². The van der Waals surface area contributed by atoms with Crippen molar-refractivity contribution >= 4 is 11.8 Å². The summed E-state index contributed by atoms with van der Waals surface area (Å²) in [6.45, 7) is 10.1. The van der Waals surface area contributed by atoms with Gasteiger partial charge in [-0.1, -0.05) is 13.5 Å². The van der Waals surface area contributed by atoms with Crippen molar-refractivity contribution < 1.29 is 13.5 Å². The highest BCUT2D eigenvalue weighted by molar-refractivity contribution is 5.99. The molecule has 8 heteroatoms. The van der Waals surface area contributed by atoms with Crippen LogP contribution in [0, 0.1) is 12.7 Å². The molecule has 0 heterocycles. The molecule has 5 N–H and O–H groups in total. The van der Waals surface area contributed by atoms with Gasteiger partial charge in [0.25, 0.3) is 0 Å². The molecule has 0 aliphatic carbocycles. The first kappa shape index (κ1) is 22.4. The number of nitrogens with one attached hydrogen (secondary N) is 1. The SMILES string of the molecule is C=C(N)NC(=NC(CC)CCOc1ccc(F)c(C)c1)N=C(N)C(C)(C)F. The second-order valence-corrected chi connectivity index (χ2v) is 6.68. The lowest BCUT2D eigenvalue weighted by Gasteiger charge is -2.16. The maximum Gasteiger partial charge on any atom is 0.225 e. The third-order valence-electron chi connectivity index (χ3n) is 3.73. The van der Waals surface area contributed by atoms with Gasteiger partial charge >= 0.3 is 0 Å². The smallest absolute Gasteiger partial charge is 0.225 e. The van der Waals surface area contributed by atoms with Gasteiger partial charge in [0.05, 0.1) is 18.5 Å². The predicted molar refractivity (Wildman–Crippen MR) is 106 cm³/mol. The van der Waals surface area contributed by atoms with Crippen molar-refractivity contribution in [3.63, 3.8) is 0 Å². The van der Waals surface area contributed by atoms with E-state index in [-0.39, 0.29) is 29.5 Å². The summed E-state index contributed by atoms with van der Waals surface area (Å²) < 4.78 is 32.9. The van der Waals surface area contributed by atoms with Crippen LogP contribution in [0.25, 0.3) is 0 Å². The monoisotopic (exact) mass is 381 g/mol. The standard InChI is InChI=1S/C19H29F2N5O/c1-6-14(9-10-27-15-7-8-16(20)12(2)11-15)25-18(24-13(3)22)26-17(23)19(4,5)21/h7-8,11,14H,3,6,9-10,22H2,1-2,4-5H3,(H3,23,24,25,26). The Hall–Kier alpha value is -2.64. The summed E-state index contributed by atoms with van der Waals surface area (Å²) in [4.78, 5) is 8.44. The van der Waals surface area contributed by atoms with Crippen LogP contribution < -0.4 is 21.5 Å². The molecule has 1 aromatic carbocycles. The van der Waals surface area contributed by atoms with Gasteiger partial charge in [0, 0.05) is 6.42 Å². The molecule has 1 rings (SSSR count). The minimum absolute atomic E-state index is 0.0928. The molecule has 0 bridgehead atoms. The number of nitrogens with zero attached hydrogens (tertiary/aromatic N) is 2. The van der Waals surface area contributed by atoms with Crippen LogP contribution in [0.5, 0.6) is 5.75 Å². The molecule has 0 spiro atoms. The molecule has 0 saturated carbocycles. The number of halogens is 2. The van der Waals surface area contributed by atoms with E-state index in [1.54, 1.807) is 19.1 Å². The number of aliphatic imine (C=N–C) groups is 2. The van der Waals surface area contributed by atoms with E-state index >= 15 is 0 Å². The second kappa shape index (κ2) is 9.89. The van der Waals surface area contributed by atoms with Crippen LogP contribution in [-0.2, 0) is 0 Å². The number of rotatable bonds is 8. The number of amidine groups is 1. The molecule has 0 aliphatic rings. The Morgan fingerprint density at radius 3 is 2.56 bits per heavy atom. The molecule has 0 saturated heterocycles. The lowest BCUT2D eigenvalue weighted by molar-refractivity contribution is 0.295. The predicted octanol–water partition coefficient (Wildman–Crippen LogP) is 3.16. The first-order chi connectivity index (χ1) is 12.5. The first-order valence-electron chi connectivity index (χ1n) is 8.74. The summed E-state index contributed by atoms with van der Waals surface area (Å²) in [6.07, 6.45) is 1.27. The fourth-order valence-corrected chi connectivity index (χ4v) is 2.03. The second-order valence-electron chi connectivity index (χ2n) is 6.68. The van der Waals surface area contributed by atoms with Crippen molar-refractivity contribution in [3.05, 3.63) is 42.0 Å². The Morgan fingerprint density at radius 1 is 1.37 bits per heavy atom. The Labute approximate surface area is 159 Å². The van der Waals surface area contributed by atoms with Crippen LogP contribution in [0.2, 0.25) is 0 Å². The van der Waals surface area contributed by atoms with Crippen LogP contribution in [0.4, 0.5) is 8.78 Å². The van der Waals surface area contributed by atoms with Gasteiger partial charge in [-0.25, -0.2) is 13.8 Å². The molecule has 0 amide bonds. The Bertz CT molecular complexity index is 711. The molecule has 1 aromatic rings. The van der Waals surface area contributed by atoms with Gasteiger partial charge in [-0.2, -0.15) is 4.99 Å². The van der Waals surface area contributed by atoms with Gasteiger partial charge in [0.2, 0.25) is 5.96 Å². The molecule has 6 nitrogen and oxygen atoms in total. The van der Waals surface area contributed by atoms with Gasteiger partial charge in [-0.15, -0.1) is 0 Å². The third-order valence-corrected chi connectivity index (χ3v) is 3.73. The maximum absolute atomic E-state index is 13.9. The molecular formula is C19H29F2N5O. The molecule has 0 fully saturated rings. The largest absolute Gasteiger partial charge is 0.494 e. The summed E-state index contributed by atoms with van der Waals surface area (Å²) >= 11 is 0. The van der Waals surface area contributed by atoms with Crippen molar-refractivity contribution in [1.29, 1.82) is 0 Å². The molecule has 150 valence electrons. The molecule has 0 radical (unpaired) electrons. The zero-order valence-electron chi connectivity index (χ0n) is 16.4. The normalized spacial score (nSPS) is 14.0. The Morgan fingerprint density at radius 2 is 2.04 bits per heavy atom. The summed E-state index contributed by atoms with van der Waals surface area (Å²) in [6, 6.07) is 4.42. The topological polar surface area (TPSA) is 98.0 Å². The van der Waals surface area contributed by atoms with E-state index in [1.807, 2.05) is 6.92 Å². The van der Waals surface area contributed by atoms with Gasteiger partial charge in [-0.3, -0.25) is 0 Å². The number of hydrogen-bond donors (Lipinski definition) is 3. The van der Waals surface area contributed by atoms with Crippen LogP contribution in [0.15, 0.2) is 40.6 Å². The maximum atomic E-state index is 13.9. The highest BCUT2D eigenvalue weighted by Gasteiger charge is 2.22. The quantitative estimate of drug-likeness (QED) is 0.476. The summed E-state index contributed by atoms with van der Waals surface area (Å²) in [5.41, 5.74) is 9.96. The van der Waals surface area contributed by atoms with Crippen LogP contribution in [0.3, 0.4) is 0 Å². The van der Waals surface area contributed by atoms with Crippen molar-refractivity contribution in [2.75, 3.05) is 6.61 Å². The molecule has 1 atom stereocenters. The number of alkyl halides is 1. The molecule has 0 aromatic heterocycles. The highest BCUT2D eigenvalue weighted by atomic mass is 19.1. The van der Waals surface area contributed by atoms with Gasteiger partial charge < -0.3 is 21.5 Å². The molecule has 27 heavy (non-hydrogen) atoms. The van der Waals surface area contributed by atoms with Gasteiger partial charge in [-0.05, 0) is 51.0 Å². The van der Waals surface area contributed by atoms with Gasteiger partial charge in [0.1, 0.15) is 17.4 Å². The average Bonchev–Trinajstić information content (AvgIpc) is 2.55. The number of ether oxygens (including phenoxy) is 1. The average molecular weight is 381 g/mol. The number of nitrogens with two attached hydrogens (primary N) is 2. The van der Waals surface area contributed by atoms with Crippen LogP contribution in [0.1, 0.15) is 39.2 Å². The van der Waals surface area contributed by atoms with E-state index in [9.17, 15) is 8.78 Å². The van der Waals surface area contributed by atoms with E-state index in [2.05, 4.69) is 21.9 Å². The number of hydrogen-bond acceptors (Lipinski definition) is 3. The number of benzene rings is 1. The summed E-state index contributed by atoms with van der Waals surface area (Å²) in [5, 5.41) is 2.69. The Kier molecular flexibility index (Phi) is 8.21. The zero-order valence-corrected chi connectivity index (χ0v) is 16.4. The summed E-state index contributed by atoms with van der Waals surface area (Å²) in [7, 11) is 0. The fourth-order valence-electron chi connectivity index (χ4n) is 2.03. The molecule has 0 aliphatic heterocycles. The number of guanidine groups is 1. The summed E-state index contributed by atoms with van der Waals surface area (Å²) in [5.74, 6) is 0.304. The fraction of sp³-hybridized carbons (Fsp3) is 0.474. The zero-order chi connectivity index (χ0) is 20.6. The van der Waals surface area contributed by atoms with Crippen molar-refractivity contribution in [3.8, 4) is 5.75 Å². The van der Waals surface area contributed by atoms with Crippen LogP contribution in [-0.4, -0.2) is 30.1 Å². The van der Waals surface area contributed by atoms with Crippen LogP contribution >= 0.6 is 0 Å². The van der Waals surface area contributed by atoms with E-state index in [0.29, 0.717) is 30.8 Å². The molecule has 1 unspecified atom stereocenters. The van der Waals surface area contributed by atoms with Crippen molar-refractivity contribution in [2.45, 2.75) is 52.2 Å². The minimum Gasteiger partial charge on any atom is -0.494 e. The highest BCUT2D eigenvalue weighted by Crippen LogP contribution is 2.17.